The van der Waals surface area contributed by atoms with E-state index in [-0.39, 0.29) is 12.8 Å². The standard InChI is InChI=1S/C25H28N4O6/c1-35-21-5-3-2-4-20(21)28-10-12-29(13-11-28)24(25(33)34)18-15-26-19-14-16(6-7-17(18)19)27-22(30)8-9-23(31)32/h2-7,14-15,24,26H,8-13H2,1H3,(H,27,30)(H,31,32)(H,33,34)/t24-/m0/s1. The number of rotatable bonds is 9. The molecule has 4 N–H and O–H groups in total. The van der Waals surface area contributed by atoms with Crippen LogP contribution in [0.1, 0.15) is 24.4 Å². The van der Waals surface area contributed by atoms with Crippen LogP contribution in [0.2, 0.25) is 0 Å². The van der Waals surface area contributed by atoms with Crippen LogP contribution in [0.4, 0.5) is 11.4 Å². The molecule has 1 aliphatic rings. The molecule has 1 amide bonds. The summed E-state index contributed by atoms with van der Waals surface area (Å²) in [6.45, 7) is 2.47. The van der Waals surface area contributed by atoms with Crippen LogP contribution >= 0.6 is 0 Å². The Bertz CT molecular complexity index is 1230. The predicted octanol–water partition coefficient (Wildman–Crippen LogP) is 2.93. The molecule has 184 valence electrons. The fourth-order valence-corrected chi connectivity index (χ4v) is 4.49. The van der Waals surface area contributed by atoms with Crippen molar-refractivity contribution in [3.63, 3.8) is 0 Å². The minimum atomic E-state index is -1.03. The molecule has 2 aromatic carbocycles. The van der Waals surface area contributed by atoms with Gasteiger partial charge in [-0.25, -0.2) is 0 Å². The van der Waals surface area contributed by atoms with Gasteiger partial charge >= 0.3 is 11.9 Å². The van der Waals surface area contributed by atoms with E-state index in [4.69, 9.17) is 9.84 Å². The van der Waals surface area contributed by atoms with Gasteiger partial charge in [0, 0.05) is 61.0 Å². The summed E-state index contributed by atoms with van der Waals surface area (Å²) in [7, 11) is 1.64. The number of hydrogen-bond acceptors (Lipinski definition) is 6. The van der Waals surface area contributed by atoms with E-state index in [0.29, 0.717) is 42.9 Å². The van der Waals surface area contributed by atoms with Crippen molar-refractivity contribution in [1.82, 2.24) is 9.88 Å². The molecule has 10 nitrogen and oxygen atoms in total. The highest BCUT2D eigenvalue weighted by Crippen LogP contribution is 2.33. The summed E-state index contributed by atoms with van der Waals surface area (Å²) in [4.78, 5) is 42.2. The van der Waals surface area contributed by atoms with Crippen molar-refractivity contribution < 1.29 is 29.3 Å². The van der Waals surface area contributed by atoms with Crippen molar-refractivity contribution in [3.8, 4) is 5.75 Å². The van der Waals surface area contributed by atoms with Crippen molar-refractivity contribution in [2.24, 2.45) is 0 Å². The minimum Gasteiger partial charge on any atom is -0.495 e. The lowest BCUT2D eigenvalue weighted by Gasteiger charge is -2.39. The first-order valence-corrected chi connectivity index (χ1v) is 11.3. The molecule has 0 saturated carbocycles. The molecule has 2 heterocycles. The highest BCUT2D eigenvalue weighted by atomic mass is 16.5. The fraction of sp³-hybridized carbons (Fsp3) is 0.320. The van der Waals surface area contributed by atoms with Crippen LogP contribution in [0.15, 0.2) is 48.7 Å². The number of hydrogen-bond donors (Lipinski definition) is 4. The molecule has 10 heteroatoms. The van der Waals surface area contributed by atoms with E-state index in [1.54, 1.807) is 31.5 Å². The smallest absolute Gasteiger partial charge is 0.325 e. The summed E-state index contributed by atoms with van der Waals surface area (Å²) in [6, 6.07) is 12.2. The molecule has 1 saturated heterocycles. The first kappa shape index (κ1) is 24.1. The Morgan fingerprint density at radius 1 is 1.06 bits per heavy atom. The Kier molecular flexibility index (Phi) is 7.21. The number of aromatic nitrogens is 1. The number of amides is 1. The second-order valence-corrected chi connectivity index (χ2v) is 8.38. The summed E-state index contributed by atoms with van der Waals surface area (Å²) in [5, 5.41) is 22.3. The van der Waals surface area contributed by atoms with Gasteiger partial charge in [-0.2, -0.15) is 0 Å². The lowest BCUT2D eigenvalue weighted by atomic mass is 10.0. The van der Waals surface area contributed by atoms with Crippen LogP contribution in [0.5, 0.6) is 5.75 Å². The molecule has 0 radical (unpaired) electrons. The molecule has 1 atom stereocenters. The second kappa shape index (κ2) is 10.5. The first-order chi connectivity index (χ1) is 16.9. The molecular formula is C25H28N4O6. The van der Waals surface area contributed by atoms with Crippen LogP contribution in [0.25, 0.3) is 10.9 Å². The highest BCUT2D eigenvalue weighted by Gasteiger charge is 2.32. The lowest BCUT2D eigenvalue weighted by molar-refractivity contribution is -0.143. The number of aromatic amines is 1. The van der Waals surface area contributed by atoms with Gasteiger partial charge in [0.2, 0.25) is 5.91 Å². The quantitative estimate of drug-likeness (QED) is 0.367. The molecule has 0 unspecified atom stereocenters. The fourth-order valence-electron chi connectivity index (χ4n) is 4.49. The van der Waals surface area contributed by atoms with E-state index in [2.05, 4.69) is 15.2 Å². The third-order valence-corrected chi connectivity index (χ3v) is 6.20. The Morgan fingerprint density at radius 2 is 1.80 bits per heavy atom. The molecule has 0 bridgehead atoms. The van der Waals surface area contributed by atoms with Gasteiger partial charge < -0.3 is 30.2 Å². The summed E-state index contributed by atoms with van der Waals surface area (Å²) in [5.41, 5.74) is 2.85. The largest absolute Gasteiger partial charge is 0.495 e. The number of nitrogens with one attached hydrogen (secondary N) is 2. The zero-order valence-electron chi connectivity index (χ0n) is 19.4. The third-order valence-electron chi connectivity index (χ3n) is 6.20. The molecule has 1 aliphatic heterocycles. The van der Waals surface area contributed by atoms with Gasteiger partial charge in [-0.15, -0.1) is 0 Å². The number of para-hydroxylation sites is 2. The van der Waals surface area contributed by atoms with E-state index in [1.807, 2.05) is 29.2 Å². The molecule has 3 aromatic rings. The van der Waals surface area contributed by atoms with Gasteiger partial charge in [0.1, 0.15) is 11.8 Å². The van der Waals surface area contributed by atoms with E-state index in [1.165, 1.54) is 0 Å². The number of nitrogens with zero attached hydrogens (tertiary/aromatic N) is 2. The first-order valence-electron chi connectivity index (χ1n) is 11.3. The monoisotopic (exact) mass is 480 g/mol. The average Bonchev–Trinajstić information content (AvgIpc) is 3.26. The summed E-state index contributed by atoms with van der Waals surface area (Å²) in [5.74, 6) is -1.57. The molecule has 1 fully saturated rings. The molecule has 1 aromatic heterocycles. The zero-order valence-corrected chi connectivity index (χ0v) is 19.4. The topological polar surface area (TPSA) is 135 Å². The maximum atomic E-state index is 12.3. The number of methoxy groups -OCH3 is 1. The number of aliphatic carboxylic acids is 2. The van der Waals surface area contributed by atoms with Gasteiger partial charge in [-0.3, -0.25) is 19.3 Å². The van der Waals surface area contributed by atoms with Gasteiger partial charge in [-0.05, 0) is 24.3 Å². The second-order valence-electron chi connectivity index (χ2n) is 8.38. The van der Waals surface area contributed by atoms with E-state index >= 15 is 0 Å². The number of piperazine rings is 1. The maximum Gasteiger partial charge on any atom is 0.325 e. The van der Waals surface area contributed by atoms with Crippen molar-refractivity contribution in [2.45, 2.75) is 18.9 Å². The van der Waals surface area contributed by atoms with Crippen molar-refractivity contribution >= 4 is 40.1 Å². The van der Waals surface area contributed by atoms with E-state index in [0.717, 1.165) is 16.8 Å². The Balaban J connectivity index is 1.49. The number of carboxylic acid groups (broad SMARTS) is 2. The zero-order chi connectivity index (χ0) is 24.9. The van der Waals surface area contributed by atoms with Gasteiger partial charge in [0.25, 0.3) is 0 Å². The van der Waals surface area contributed by atoms with Gasteiger partial charge in [0.05, 0.1) is 19.2 Å². The van der Waals surface area contributed by atoms with Crippen LogP contribution in [-0.4, -0.2) is 71.2 Å². The predicted molar refractivity (Wildman–Crippen MR) is 131 cm³/mol. The van der Waals surface area contributed by atoms with Crippen LogP contribution < -0.4 is 15.0 Å². The minimum absolute atomic E-state index is 0.120. The maximum absolute atomic E-state index is 12.3. The van der Waals surface area contributed by atoms with Crippen molar-refractivity contribution in [1.29, 1.82) is 0 Å². The van der Waals surface area contributed by atoms with Gasteiger partial charge in [-0.1, -0.05) is 18.2 Å². The number of carbonyl (C=O) groups excluding carboxylic acids is 1. The molecular weight excluding hydrogens is 452 g/mol. The van der Waals surface area contributed by atoms with Crippen LogP contribution in [0.3, 0.4) is 0 Å². The Labute approximate surface area is 202 Å². The van der Waals surface area contributed by atoms with Crippen LogP contribution in [-0.2, 0) is 14.4 Å². The summed E-state index contributed by atoms with van der Waals surface area (Å²) >= 11 is 0. The number of carboxylic acids is 2. The number of fused-ring (bicyclic) bond motifs is 1. The number of H-pyrrole nitrogens is 1. The number of anilines is 2. The Hall–Kier alpha value is -4.05. The number of ether oxygens (including phenoxy) is 1. The molecule has 0 aliphatic carbocycles. The summed E-state index contributed by atoms with van der Waals surface area (Å²) in [6.07, 6.45) is 1.34. The molecule has 35 heavy (non-hydrogen) atoms. The van der Waals surface area contributed by atoms with Crippen LogP contribution in [0, 0.1) is 0 Å². The third kappa shape index (κ3) is 5.38. The number of carbonyl (C=O) groups is 3. The van der Waals surface area contributed by atoms with Gasteiger partial charge in [0.15, 0.2) is 0 Å². The SMILES string of the molecule is COc1ccccc1N1CCN([C@H](C(=O)O)c2c[nH]c3cc(NC(=O)CCC(=O)O)ccc23)CC1. The van der Waals surface area contributed by atoms with Crippen molar-refractivity contribution in [3.05, 3.63) is 54.2 Å². The van der Waals surface area contributed by atoms with E-state index in [9.17, 15) is 19.5 Å². The highest BCUT2D eigenvalue weighted by molar-refractivity contribution is 5.96. The Morgan fingerprint density at radius 3 is 2.49 bits per heavy atom. The van der Waals surface area contributed by atoms with E-state index < -0.39 is 23.9 Å². The molecule has 4 rings (SSSR count). The average molecular weight is 481 g/mol. The lowest BCUT2D eigenvalue weighted by Crippen LogP contribution is -2.49. The normalized spacial score (nSPS) is 15.1. The molecule has 0 spiro atoms. The summed E-state index contributed by atoms with van der Waals surface area (Å²) < 4.78 is 5.47. The van der Waals surface area contributed by atoms with Crippen molar-refractivity contribution in [2.75, 3.05) is 43.5 Å². The number of benzene rings is 2.